The molecule has 1 aliphatic carbocycles. The molecule has 2 nitrogen and oxygen atoms in total. The van der Waals surface area contributed by atoms with Crippen LogP contribution < -0.4 is 10.5 Å². The molecule has 0 saturated heterocycles. The van der Waals surface area contributed by atoms with Crippen molar-refractivity contribution >= 4 is 0 Å². The first-order valence-electron chi connectivity index (χ1n) is 9.20. The number of nitrogens with two attached hydrogens (primary N) is 1. The van der Waals surface area contributed by atoms with E-state index in [0.29, 0.717) is 5.41 Å². The van der Waals surface area contributed by atoms with Crippen LogP contribution in [0.1, 0.15) is 70.3 Å². The summed E-state index contributed by atoms with van der Waals surface area (Å²) >= 11 is 0. The van der Waals surface area contributed by atoms with E-state index in [2.05, 4.69) is 31.2 Å². The lowest BCUT2D eigenvalue weighted by Gasteiger charge is -2.32. The summed E-state index contributed by atoms with van der Waals surface area (Å²) in [5.74, 6) is 1.04. The number of hydrogen-bond acceptors (Lipinski definition) is 2. The van der Waals surface area contributed by atoms with Crippen molar-refractivity contribution in [3.8, 4) is 5.75 Å². The Hall–Kier alpha value is -1.02. The molecule has 0 amide bonds. The Kier molecular flexibility index (Phi) is 7.24. The second-order valence-electron chi connectivity index (χ2n) is 6.99. The fourth-order valence-electron chi connectivity index (χ4n) is 3.81. The van der Waals surface area contributed by atoms with E-state index in [1.807, 2.05) is 0 Å². The van der Waals surface area contributed by atoms with Crippen LogP contribution in [0.4, 0.5) is 0 Å². The molecular formula is C20H33NO. The second kappa shape index (κ2) is 9.19. The van der Waals surface area contributed by atoms with Gasteiger partial charge in [0.25, 0.3) is 0 Å². The second-order valence-corrected chi connectivity index (χ2v) is 6.99. The highest BCUT2D eigenvalue weighted by molar-refractivity contribution is 5.28. The first-order chi connectivity index (χ1) is 10.8. The Morgan fingerprint density at radius 3 is 2.59 bits per heavy atom. The zero-order valence-electron chi connectivity index (χ0n) is 14.3. The third-order valence-electron chi connectivity index (χ3n) is 5.06. The maximum Gasteiger partial charge on any atom is 0.119 e. The van der Waals surface area contributed by atoms with Gasteiger partial charge >= 0.3 is 0 Å². The van der Waals surface area contributed by atoms with E-state index >= 15 is 0 Å². The van der Waals surface area contributed by atoms with Gasteiger partial charge in [-0.1, -0.05) is 51.2 Å². The molecule has 2 heteroatoms. The average Bonchev–Trinajstić information content (AvgIpc) is 2.78. The minimum atomic E-state index is 0.415. The molecule has 0 bridgehead atoms. The Morgan fingerprint density at radius 2 is 1.91 bits per heavy atom. The zero-order chi connectivity index (χ0) is 15.7. The van der Waals surface area contributed by atoms with Crippen LogP contribution in [-0.2, 0) is 6.42 Å². The molecule has 0 atom stereocenters. The summed E-state index contributed by atoms with van der Waals surface area (Å²) in [6, 6.07) is 8.59. The van der Waals surface area contributed by atoms with Crippen molar-refractivity contribution in [1.29, 1.82) is 0 Å². The lowest BCUT2D eigenvalue weighted by atomic mass is 9.77. The maximum absolute atomic E-state index is 6.25. The van der Waals surface area contributed by atoms with Crippen molar-refractivity contribution in [3.05, 3.63) is 29.8 Å². The summed E-state index contributed by atoms with van der Waals surface area (Å²) in [6.45, 7) is 3.95. The fourth-order valence-corrected chi connectivity index (χ4v) is 3.81. The smallest absolute Gasteiger partial charge is 0.119 e. The van der Waals surface area contributed by atoms with Gasteiger partial charge in [-0.3, -0.25) is 0 Å². The minimum absolute atomic E-state index is 0.415. The largest absolute Gasteiger partial charge is 0.493 e. The number of rotatable bonds is 8. The van der Waals surface area contributed by atoms with Gasteiger partial charge in [0.15, 0.2) is 0 Å². The van der Waals surface area contributed by atoms with Gasteiger partial charge < -0.3 is 10.5 Å². The van der Waals surface area contributed by atoms with Gasteiger partial charge in [-0.25, -0.2) is 0 Å². The zero-order valence-corrected chi connectivity index (χ0v) is 14.3. The molecule has 0 aliphatic heterocycles. The molecule has 1 aliphatic rings. The Bertz CT molecular complexity index is 421. The van der Waals surface area contributed by atoms with E-state index in [0.717, 1.165) is 31.7 Å². The molecule has 1 aromatic carbocycles. The molecule has 0 radical (unpaired) electrons. The highest BCUT2D eigenvalue weighted by Gasteiger charge is 2.30. The van der Waals surface area contributed by atoms with E-state index in [-0.39, 0.29) is 0 Å². The van der Waals surface area contributed by atoms with E-state index in [9.17, 15) is 0 Å². The predicted molar refractivity (Wildman–Crippen MR) is 94.4 cm³/mol. The van der Waals surface area contributed by atoms with E-state index in [1.54, 1.807) is 0 Å². The van der Waals surface area contributed by atoms with Crippen molar-refractivity contribution in [3.63, 3.8) is 0 Å². The van der Waals surface area contributed by atoms with Gasteiger partial charge in [0.05, 0.1) is 6.61 Å². The molecule has 124 valence electrons. The summed E-state index contributed by atoms with van der Waals surface area (Å²) in [7, 11) is 0. The quantitative estimate of drug-likeness (QED) is 0.678. The molecule has 0 spiro atoms. The summed E-state index contributed by atoms with van der Waals surface area (Å²) in [5, 5.41) is 0. The number of hydrogen-bond donors (Lipinski definition) is 1. The Balaban J connectivity index is 1.96. The molecule has 2 N–H and O–H groups in total. The van der Waals surface area contributed by atoms with Crippen LogP contribution in [0, 0.1) is 5.41 Å². The molecule has 22 heavy (non-hydrogen) atoms. The molecule has 0 unspecified atom stereocenters. The standard InChI is InChI=1S/C20H33NO/c1-2-12-20(13-5-3-4-6-14-20)17-22-19-11-7-9-18(16-19)10-8-15-21/h7,9,11,16H,2-6,8,10,12-15,17,21H2,1H3. The first kappa shape index (κ1) is 17.3. The van der Waals surface area contributed by atoms with Crippen LogP contribution in [0.2, 0.25) is 0 Å². The molecule has 0 aromatic heterocycles. The van der Waals surface area contributed by atoms with Crippen molar-refractivity contribution in [1.82, 2.24) is 0 Å². The van der Waals surface area contributed by atoms with Crippen LogP contribution in [-0.4, -0.2) is 13.2 Å². The topological polar surface area (TPSA) is 35.2 Å². The lowest BCUT2D eigenvalue weighted by Crippen LogP contribution is -2.28. The van der Waals surface area contributed by atoms with Gasteiger partial charge in [-0.15, -0.1) is 0 Å². The van der Waals surface area contributed by atoms with Crippen LogP contribution in [0.25, 0.3) is 0 Å². The van der Waals surface area contributed by atoms with Gasteiger partial charge in [0.2, 0.25) is 0 Å². The minimum Gasteiger partial charge on any atom is -0.493 e. The first-order valence-corrected chi connectivity index (χ1v) is 9.20. The normalized spacial score (nSPS) is 17.9. The summed E-state index contributed by atoms with van der Waals surface area (Å²) < 4.78 is 6.25. The van der Waals surface area contributed by atoms with Gasteiger partial charge in [0.1, 0.15) is 5.75 Å². The van der Waals surface area contributed by atoms with Crippen molar-refractivity contribution in [2.75, 3.05) is 13.2 Å². The predicted octanol–water partition coefficient (Wildman–Crippen LogP) is 5.10. The average molecular weight is 303 g/mol. The van der Waals surface area contributed by atoms with Crippen LogP contribution in [0.15, 0.2) is 24.3 Å². The van der Waals surface area contributed by atoms with Crippen molar-refractivity contribution in [2.24, 2.45) is 11.1 Å². The van der Waals surface area contributed by atoms with Crippen molar-refractivity contribution in [2.45, 2.75) is 71.1 Å². The van der Waals surface area contributed by atoms with Crippen LogP contribution >= 0.6 is 0 Å². The monoisotopic (exact) mass is 303 g/mol. The van der Waals surface area contributed by atoms with Gasteiger partial charge in [-0.2, -0.15) is 0 Å². The fraction of sp³-hybridized carbons (Fsp3) is 0.700. The molecule has 0 heterocycles. The molecule has 1 fully saturated rings. The van der Waals surface area contributed by atoms with Gasteiger partial charge in [0, 0.05) is 5.41 Å². The summed E-state index contributed by atoms with van der Waals surface area (Å²) in [4.78, 5) is 0. The lowest BCUT2D eigenvalue weighted by molar-refractivity contribution is 0.112. The third-order valence-corrected chi connectivity index (χ3v) is 5.06. The molecular weight excluding hydrogens is 270 g/mol. The SMILES string of the molecule is CCCC1(COc2cccc(CCCN)c2)CCCCCC1. The van der Waals surface area contributed by atoms with E-state index < -0.39 is 0 Å². The Labute approximate surface area is 136 Å². The highest BCUT2D eigenvalue weighted by Crippen LogP contribution is 2.39. The number of benzene rings is 1. The molecule has 1 saturated carbocycles. The van der Waals surface area contributed by atoms with E-state index in [1.165, 1.54) is 56.9 Å². The van der Waals surface area contributed by atoms with Crippen molar-refractivity contribution < 1.29 is 4.74 Å². The van der Waals surface area contributed by atoms with E-state index in [4.69, 9.17) is 10.5 Å². The highest BCUT2D eigenvalue weighted by atomic mass is 16.5. The number of ether oxygens (including phenoxy) is 1. The number of aryl methyl sites for hydroxylation is 1. The van der Waals surface area contributed by atoms with Crippen LogP contribution in [0.3, 0.4) is 0 Å². The summed E-state index contributed by atoms with van der Waals surface area (Å²) in [6.07, 6.45) is 12.9. The molecule has 2 rings (SSSR count). The summed E-state index contributed by atoms with van der Waals surface area (Å²) in [5.41, 5.74) is 7.36. The van der Waals surface area contributed by atoms with Crippen LogP contribution in [0.5, 0.6) is 5.75 Å². The van der Waals surface area contributed by atoms with Gasteiger partial charge in [-0.05, 0) is 56.3 Å². The molecule has 1 aromatic rings. The maximum atomic E-state index is 6.25. The third kappa shape index (κ3) is 5.31. The Morgan fingerprint density at radius 1 is 1.14 bits per heavy atom.